The van der Waals surface area contributed by atoms with E-state index in [1.807, 2.05) is 25.1 Å². The molecule has 0 heterocycles. The van der Waals surface area contributed by atoms with Gasteiger partial charge in [0.1, 0.15) is 0 Å². The molecular weight excluding hydrogens is 190 g/mol. The van der Waals surface area contributed by atoms with E-state index in [1.54, 1.807) is 0 Å². The summed E-state index contributed by atoms with van der Waals surface area (Å²) in [6, 6.07) is 5.70. The Balaban J connectivity index is 2.40. The molecule has 0 aliphatic rings. The molecule has 1 aromatic rings. The Kier molecular flexibility index (Phi) is 3.97. The van der Waals surface area contributed by atoms with Crippen molar-refractivity contribution in [3.63, 3.8) is 0 Å². The van der Waals surface area contributed by atoms with Crippen molar-refractivity contribution in [2.45, 2.75) is 19.8 Å². The van der Waals surface area contributed by atoms with E-state index in [2.05, 4.69) is 5.32 Å². The average molecular weight is 207 g/mol. The highest BCUT2D eigenvalue weighted by Crippen LogP contribution is 2.17. The Morgan fingerprint density at radius 2 is 2.20 bits per heavy atom. The minimum Gasteiger partial charge on any atom is -0.399 e. The molecule has 15 heavy (non-hydrogen) atoms. The number of amides is 1. The number of hydrogen-bond donors (Lipinski definition) is 3. The number of nitrogens with two attached hydrogens (primary N) is 2. The number of hydrogen-bond acceptors (Lipinski definition) is 3. The molecule has 1 rings (SSSR count). The van der Waals surface area contributed by atoms with Crippen LogP contribution in [0.25, 0.3) is 0 Å². The molecule has 0 saturated heterocycles. The maximum atomic E-state index is 10.5. The highest BCUT2D eigenvalue weighted by Gasteiger charge is 1.98. The van der Waals surface area contributed by atoms with Crippen LogP contribution in [0.5, 0.6) is 0 Å². The number of aryl methyl sites for hydroxylation is 1. The molecule has 0 unspecified atom stereocenters. The zero-order valence-corrected chi connectivity index (χ0v) is 8.92. The van der Waals surface area contributed by atoms with Crippen LogP contribution in [0.15, 0.2) is 18.2 Å². The number of primary amides is 1. The van der Waals surface area contributed by atoms with Gasteiger partial charge in [-0.25, -0.2) is 0 Å². The molecule has 1 amide bonds. The van der Waals surface area contributed by atoms with E-state index in [9.17, 15) is 4.79 Å². The summed E-state index contributed by atoms with van der Waals surface area (Å²) in [5, 5.41) is 3.23. The lowest BCUT2D eigenvalue weighted by Gasteiger charge is -2.09. The predicted molar refractivity (Wildman–Crippen MR) is 62.5 cm³/mol. The summed E-state index contributed by atoms with van der Waals surface area (Å²) >= 11 is 0. The van der Waals surface area contributed by atoms with Crippen LogP contribution in [0.1, 0.15) is 18.4 Å². The van der Waals surface area contributed by atoms with Gasteiger partial charge >= 0.3 is 0 Å². The second kappa shape index (κ2) is 5.24. The second-order valence-electron chi connectivity index (χ2n) is 3.57. The molecule has 0 aromatic heterocycles. The summed E-state index contributed by atoms with van der Waals surface area (Å²) in [7, 11) is 0. The fourth-order valence-corrected chi connectivity index (χ4v) is 1.37. The summed E-state index contributed by atoms with van der Waals surface area (Å²) in [6.45, 7) is 2.74. The number of nitrogens with one attached hydrogen (secondary N) is 1. The predicted octanol–water partition coefficient (Wildman–Crippen LogP) is 1.25. The Hall–Kier alpha value is -1.71. The number of rotatable bonds is 5. The van der Waals surface area contributed by atoms with Crippen LogP contribution in [-0.2, 0) is 4.79 Å². The first-order chi connectivity index (χ1) is 7.09. The highest BCUT2D eigenvalue weighted by molar-refractivity contribution is 5.73. The van der Waals surface area contributed by atoms with Gasteiger partial charge < -0.3 is 16.8 Å². The largest absolute Gasteiger partial charge is 0.399 e. The van der Waals surface area contributed by atoms with E-state index in [0.29, 0.717) is 6.42 Å². The lowest BCUT2D eigenvalue weighted by molar-refractivity contribution is -0.118. The molecule has 5 N–H and O–H groups in total. The Bertz CT molecular complexity index is 350. The molecule has 0 aliphatic carbocycles. The first-order valence-corrected chi connectivity index (χ1v) is 4.98. The van der Waals surface area contributed by atoms with Gasteiger partial charge in [-0.15, -0.1) is 0 Å². The highest BCUT2D eigenvalue weighted by atomic mass is 16.1. The van der Waals surface area contributed by atoms with E-state index in [1.165, 1.54) is 0 Å². The third-order valence-electron chi connectivity index (χ3n) is 2.17. The third-order valence-corrected chi connectivity index (χ3v) is 2.17. The minimum atomic E-state index is -0.258. The van der Waals surface area contributed by atoms with Crippen LogP contribution >= 0.6 is 0 Å². The van der Waals surface area contributed by atoms with Gasteiger partial charge in [-0.1, -0.05) is 0 Å². The molecule has 0 spiro atoms. The van der Waals surface area contributed by atoms with E-state index < -0.39 is 0 Å². The molecule has 0 atom stereocenters. The second-order valence-corrected chi connectivity index (χ2v) is 3.57. The lowest BCUT2D eigenvalue weighted by Crippen LogP contribution is -2.12. The summed E-state index contributed by atoms with van der Waals surface area (Å²) in [5.74, 6) is -0.258. The fourth-order valence-electron chi connectivity index (χ4n) is 1.37. The first kappa shape index (κ1) is 11.4. The van der Waals surface area contributed by atoms with Crippen molar-refractivity contribution in [1.82, 2.24) is 0 Å². The van der Waals surface area contributed by atoms with Crippen LogP contribution in [0, 0.1) is 6.92 Å². The number of carbonyl (C=O) groups excluding carboxylic acids is 1. The van der Waals surface area contributed by atoms with Gasteiger partial charge in [-0.2, -0.15) is 0 Å². The first-order valence-electron chi connectivity index (χ1n) is 4.98. The molecular formula is C11H17N3O. The van der Waals surface area contributed by atoms with Gasteiger partial charge in [-0.3, -0.25) is 4.79 Å². The van der Waals surface area contributed by atoms with E-state index in [0.717, 1.165) is 29.9 Å². The molecule has 0 fully saturated rings. The number of anilines is 2. The topological polar surface area (TPSA) is 81.1 Å². The van der Waals surface area contributed by atoms with Crippen molar-refractivity contribution in [3.8, 4) is 0 Å². The van der Waals surface area contributed by atoms with Crippen LogP contribution in [0.2, 0.25) is 0 Å². The number of carbonyl (C=O) groups is 1. The SMILES string of the molecule is Cc1cc(N)ccc1NCCCC(N)=O. The molecule has 0 radical (unpaired) electrons. The number of nitrogen functional groups attached to an aromatic ring is 1. The zero-order valence-electron chi connectivity index (χ0n) is 8.92. The van der Waals surface area contributed by atoms with Gasteiger partial charge in [-0.05, 0) is 37.1 Å². The molecule has 4 heteroatoms. The van der Waals surface area contributed by atoms with Crippen LogP contribution < -0.4 is 16.8 Å². The standard InChI is InChI=1S/C11H17N3O/c1-8-7-9(12)4-5-10(8)14-6-2-3-11(13)15/h4-5,7,14H,2-3,6,12H2,1H3,(H2,13,15). The number of benzene rings is 1. The van der Waals surface area contributed by atoms with Gasteiger partial charge in [0.15, 0.2) is 0 Å². The Labute approximate surface area is 89.6 Å². The van der Waals surface area contributed by atoms with Crippen molar-refractivity contribution >= 4 is 17.3 Å². The van der Waals surface area contributed by atoms with E-state index in [4.69, 9.17) is 11.5 Å². The average Bonchev–Trinajstić information content (AvgIpc) is 2.14. The molecule has 1 aromatic carbocycles. The zero-order chi connectivity index (χ0) is 11.3. The van der Waals surface area contributed by atoms with Crippen LogP contribution in [0.4, 0.5) is 11.4 Å². The van der Waals surface area contributed by atoms with Gasteiger partial charge in [0.2, 0.25) is 5.91 Å². The third kappa shape index (κ3) is 3.89. The summed E-state index contributed by atoms with van der Waals surface area (Å²) in [4.78, 5) is 10.5. The van der Waals surface area contributed by atoms with Gasteiger partial charge in [0.25, 0.3) is 0 Å². The summed E-state index contributed by atoms with van der Waals surface area (Å²) < 4.78 is 0. The minimum absolute atomic E-state index is 0.258. The van der Waals surface area contributed by atoms with Crippen molar-refractivity contribution in [2.24, 2.45) is 5.73 Å². The Morgan fingerprint density at radius 1 is 1.47 bits per heavy atom. The maximum Gasteiger partial charge on any atom is 0.217 e. The van der Waals surface area contributed by atoms with Crippen LogP contribution in [-0.4, -0.2) is 12.5 Å². The quantitative estimate of drug-likeness (QED) is 0.502. The van der Waals surface area contributed by atoms with Crippen molar-refractivity contribution in [2.75, 3.05) is 17.6 Å². The lowest BCUT2D eigenvalue weighted by atomic mass is 10.1. The maximum absolute atomic E-state index is 10.5. The molecule has 82 valence electrons. The van der Waals surface area contributed by atoms with E-state index >= 15 is 0 Å². The summed E-state index contributed by atoms with van der Waals surface area (Å²) in [6.07, 6.45) is 1.17. The Morgan fingerprint density at radius 3 is 2.80 bits per heavy atom. The molecule has 0 bridgehead atoms. The van der Waals surface area contributed by atoms with Crippen LogP contribution in [0.3, 0.4) is 0 Å². The van der Waals surface area contributed by atoms with Crippen molar-refractivity contribution < 1.29 is 4.79 Å². The van der Waals surface area contributed by atoms with Gasteiger partial charge in [0, 0.05) is 24.3 Å². The monoisotopic (exact) mass is 207 g/mol. The normalized spacial score (nSPS) is 9.93. The fraction of sp³-hybridized carbons (Fsp3) is 0.364. The van der Waals surface area contributed by atoms with Gasteiger partial charge in [0.05, 0.1) is 0 Å². The van der Waals surface area contributed by atoms with Crippen molar-refractivity contribution in [3.05, 3.63) is 23.8 Å². The van der Waals surface area contributed by atoms with E-state index in [-0.39, 0.29) is 5.91 Å². The molecule has 0 saturated carbocycles. The summed E-state index contributed by atoms with van der Waals surface area (Å²) in [5.41, 5.74) is 13.6. The van der Waals surface area contributed by atoms with Crippen molar-refractivity contribution in [1.29, 1.82) is 0 Å². The molecule has 0 aliphatic heterocycles. The smallest absolute Gasteiger partial charge is 0.217 e. The molecule has 4 nitrogen and oxygen atoms in total.